The molecule has 0 spiro atoms. The number of aromatic hydroxyl groups is 1. The molecule has 0 aliphatic rings. The Hall–Kier alpha value is -1.94. The van der Waals surface area contributed by atoms with Gasteiger partial charge in [0, 0.05) is 11.6 Å². The zero-order valence-electron chi connectivity index (χ0n) is 9.06. The number of rotatable bonds is 2. The first-order valence-corrected chi connectivity index (χ1v) is 5.13. The minimum atomic E-state index is -0.866. The zero-order valence-corrected chi connectivity index (χ0v) is 10.8. The second-order valence-corrected chi connectivity index (χ2v) is 4.21. The number of aryl methyl sites for hydroxylation is 1. The quantitative estimate of drug-likeness (QED) is 0.326. The van der Waals surface area contributed by atoms with Gasteiger partial charge >= 0.3 is 5.69 Å². The molecule has 0 fully saturated rings. The third-order valence-electron chi connectivity index (χ3n) is 1.67. The van der Waals surface area contributed by atoms with Crippen molar-refractivity contribution in [3.63, 3.8) is 0 Å². The fourth-order valence-corrected chi connectivity index (χ4v) is 0.987. The number of nitrogens with two attached hydrogens (primary N) is 1. The van der Waals surface area contributed by atoms with Crippen molar-refractivity contribution in [3.8, 4) is 5.75 Å². The van der Waals surface area contributed by atoms with E-state index in [9.17, 15) is 25.3 Å². The summed E-state index contributed by atoms with van der Waals surface area (Å²) in [6, 6.07) is 1.80. The molecule has 3 N–H and O–H groups in total. The number of hydrogen-bond donors (Lipinski definition) is 3. The van der Waals surface area contributed by atoms with Crippen LogP contribution in [0.15, 0.2) is 12.1 Å². The number of nitro benzene ring substituents is 2. The smallest absolute Gasteiger partial charge is 0.317 e. The van der Waals surface area contributed by atoms with Crippen molar-refractivity contribution in [2.45, 2.75) is 6.92 Å². The number of non-ortho nitro benzene ring substituents is 1. The van der Waals surface area contributed by atoms with Crippen LogP contribution in [-0.2, 0) is 0 Å². The van der Waals surface area contributed by atoms with Gasteiger partial charge in [0.2, 0.25) is 0 Å². The molecule has 98 valence electrons. The molecule has 1 aromatic rings. The second-order valence-electron chi connectivity index (χ2n) is 2.98. The lowest BCUT2D eigenvalue weighted by atomic mass is 10.1. The van der Waals surface area contributed by atoms with E-state index in [0.717, 1.165) is 12.1 Å². The van der Waals surface area contributed by atoms with E-state index in [4.69, 9.17) is 5.73 Å². The molecule has 0 bridgehead atoms. The fraction of sp³-hybridized carbons (Fsp3) is 0.125. The Morgan fingerprint density at radius 1 is 1.39 bits per heavy atom. The molecule has 0 atom stereocenters. The highest BCUT2D eigenvalue weighted by atomic mass is 32.1. The number of hydrogen-bond acceptors (Lipinski definition) is 6. The van der Waals surface area contributed by atoms with Gasteiger partial charge in [0.05, 0.1) is 15.9 Å². The van der Waals surface area contributed by atoms with E-state index in [1.165, 1.54) is 6.92 Å². The van der Waals surface area contributed by atoms with Crippen molar-refractivity contribution in [2.24, 2.45) is 5.73 Å². The van der Waals surface area contributed by atoms with Crippen LogP contribution in [-0.4, -0.2) is 19.3 Å². The van der Waals surface area contributed by atoms with Gasteiger partial charge in [-0.3, -0.25) is 20.2 Å². The first kappa shape index (κ1) is 16.1. The van der Waals surface area contributed by atoms with Gasteiger partial charge in [-0.05, 0) is 6.92 Å². The summed E-state index contributed by atoms with van der Waals surface area (Å²) >= 11 is 7.65. The normalized spacial score (nSPS) is 9.00. The summed E-state index contributed by atoms with van der Waals surface area (Å²) < 4.78 is 0.194. The van der Waals surface area contributed by atoms with E-state index in [2.05, 4.69) is 24.8 Å². The molecule has 0 heterocycles. The Morgan fingerprint density at radius 3 is 2.17 bits per heavy atom. The third kappa shape index (κ3) is 4.93. The molecule has 1 rings (SSSR count). The highest BCUT2D eigenvalue weighted by Gasteiger charge is 2.21. The number of nitro groups is 2. The first-order chi connectivity index (χ1) is 8.16. The van der Waals surface area contributed by atoms with E-state index in [1.807, 2.05) is 0 Å². The van der Waals surface area contributed by atoms with E-state index < -0.39 is 27.0 Å². The van der Waals surface area contributed by atoms with Gasteiger partial charge in [0.25, 0.3) is 5.69 Å². The molecule has 8 nitrogen and oxygen atoms in total. The number of thiol groups is 1. The lowest BCUT2D eigenvalue weighted by molar-refractivity contribution is -0.394. The lowest BCUT2D eigenvalue weighted by Crippen LogP contribution is -1.94. The van der Waals surface area contributed by atoms with Gasteiger partial charge in [-0.25, -0.2) is 0 Å². The predicted octanol–water partition coefficient (Wildman–Crippen LogP) is 1.68. The zero-order chi connectivity index (χ0) is 14.5. The first-order valence-electron chi connectivity index (χ1n) is 4.27. The number of nitrogens with zero attached hydrogens (tertiary/aromatic N) is 2. The van der Waals surface area contributed by atoms with Crippen molar-refractivity contribution < 1.29 is 15.0 Å². The van der Waals surface area contributed by atoms with Crippen molar-refractivity contribution in [1.29, 1.82) is 0 Å². The highest BCUT2D eigenvalue weighted by molar-refractivity contribution is 8.10. The van der Waals surface area contributed by atoms with Crippen molar-refractivity contribution in [3.05, 3.63) is 37.9 Å². The molecule has 0 aliphatic carbocycles. The third-order valence-corrected chi connectivity index (χ3v) is 1.67. The van der Waals surface area contributed by atoms with E-state index in [-0.39, 0.29) is 9.88 Å². The van der Waals surface area contributed by atoms with Crippen molar-refractivity contribution >= 4 is 40.5 Å². The van der Waals surface area contributed by atoms with Crippen LogP contribution in [0.3, 0.4) is 0 Å². The van der Waals surface area contributed by atoms with Crippen LogP contribution in [0, 0.1) is 27.2 Å². The molecule has 1 aromatic carbocycles. The van der Waals surface area contributed by atoms with E-state index in [1.54, 1.807) is 0 Å². The number of thiocarbonyl (C=S) groups is 1. The molecule has 0 saturated heterocycles. The topological polar surface area (TPSA) is 133 Å². The molecule has 0 radical (unpaired) electrons. The summed E-state index contributed by atoms with van der Waals surface area (Å²) in [5, 5.41) is 29.9. The van der Waals surface area contributed by atoms with Crippen LogP contribution in [0.25, 0.3) is 0 Å². The molecule has 0 amide bonds. The minimum Gasteiger partial charge on any atom is -0.502 e. The Morgan fingerprint density at radius 2 is 1.83 bits per heavy atom. The maximum Gasteiger partial charge on any atom is 0.317 e. The predicted molar refractivity (Wildman–Crippen MR) is 71.9 cm³/mol. The lowest BCUT2D eigenvalue weighted by Gasteiger charge is -1.99. The molecular weight excluding hydrogens is 282 g/mol. The summed E-state index contributed by atoms with van der Waals surface area (Å²) in [6.07, 6.45) is 0. The Labute approximate surface area is 112 Å². The molecule has 10 heteroatoms. The maximum atomic E-state index is 10.4. The Bertz CT molecular complexity index is 502. The summed E-state index contributed by atoms with van der Waals surface area (Å²) in [5.41, 5.74) is 3.74. The summed E-state index contributed by atoms with van der Waals surface area (Å²) in [6.45, 7) is 1.36. The summed E-state index contributed by atoms with van der Waals surface area (Å²) in [5.74, 6) is -0.541. The average molecular weight is 291 g/mol. The fourth-order valence-electron chi connectivity index (χ4n) is 0.987. The van der Waals surface area contributed by atoms with Gasteiger partial charge < -0.3 is 10.8 Å². The van der Waals surface area contributed by atoms with Gasteiger partial charge in [-0.15, -0.1) is 12.6 Å². The standard InChI is InChI=1S/C7H6N2O5.CH3NS2/c1-4-2-5(8(11)12)3-6(7(4)10)9(13)14;2-1(3)4/h2-3,10H,1H3;(H3,2,3,4). The van der Waals surface area contributed by atoms with Crippen LogP contribution >= 0.6 is 24.8 Å². The summed E-state index contributed by atoms with van der Waals surface area (Å²) in [4.78, 5) is 19.1. The molecule has 18 heavy (non-hydrogen) atoms. The monoisotopic (exact) mass is 291 g/mol. The maximum absolute atomic E-state index is 10.4. The minimum absolute atomic E-state index is 0.103. The van der Waals surface area contributed by atoms with Gasteiger partial charge in [0.1, 0.15) is 4.32 Å². The summed E-state index contributed by atoms with van der Waals surface area (Å²) in [7, 11) is 0. The van der Waals surface area contributed by atoms with Gasteiger partial charge in [0.15, 0.2) is 5.75 Å². The SMILES string of the molecule is Cc1cc([N+](=O)[O-])cc([N+](=O)[O-])c1O.NC(=S)S. The average Bonchev–Trinajstić information content (AvgIpc) is 2.20. The van der Waals surface area contributed by atoms with Crippen molar-refractivity contribution in [1.82, 2.24) is 0 Å². The van der Waals surface area contributed by atoms with E-state index in [0.29, 0.717) is 0 Å². The number of phenols is 1. The Kier molecular flexibility index (Phi) is 5.99. The van der Waals surface area contributed by atoms with Crippen molar-refractivity contribution in [2.75, 3.05) is 0 Å². The van der Waals surface area contributed by atoms with Crippen LogP contribution in [0.2, 0.25) is 0 Å². The molecular formula is C8H9N3O5S2. The second kappa shape index (κ2) is 6.71. The van der Waals surface area contributed by atoms with Crippen LogP contribution in [0.4, 0.5) is 11.4 Å². The highest BCUT2D eigenvalue weighted by Crippen LogP contribution is 2.33. The number of benzene rings is 1. The Balaban J connectivity index is 0.000000631. The van der Waals surface area contributed by atoms with Crippen LogP contribution in [0.5, 0.6) is 5.75 Å². The molecule has 0 saturated carbocycles. The largest absolute Gasteiger partial charge is 0.502 e. The van der Waals surface area contributed by atoms with Crippen LogP contribution < -0.4 is 5.73 Å². The molecule has 0 aromatic heterocycles. The molecule has 0 unspecified atom stereocenters. The number of phenolic OH excluding ortho intramolecular Hbond substituents is 1. The van der Waals surface area contributed by atoms with Gasteiger partial charge in [-0.1, -0.05) is 12.2 Å². The molecule has 0 aliphatic heterocycles. The van der Waals surface area contributed by atoms with Crippen LogP contribution in [0.1, 0.15) is 5.56 Å². The van der Waals surface area contributed by atoms with Gasteiger partial charge in [-0.2, -0.15) is 0 Å². The van der Waals surface area contributed by atoms with E-state index >= 15 is 0 Å².